The lowest BCUT2D eigenvalue weighted by molar-refractivity contribution is -0.117. The molecular weight excluding hydrogens is 378 g/mol. The average molecular weight is 403 g/mol. The lowest BCUT2D eigenvalue weighted by Gasteiger charge is -2.37. The largest absolute Gasteiger partial charge is 0.376 e. The topological polar surface area (TPSA) is 29.5 Å². The van der Waals surface area contributed by atoms with Crippen molar-refractivity contribution < 1.29 is 9.53 Å². The van der Waals surface area contributed by atoms with Crippen molar-refractivity contribution in [3.8, 4) is 0 Å². The van der Waals surface area contributed by atoms with Crippen LogP contribution in [0.5, 0.6) is 0 Å². The number of hydrogen-bond donors (Lipinski definition) is 0. The van der Waals surface area contributed by atoms with E-state index in [4.69, 9.17) is 4.74 Å². The van der Waals surface area contributed by atoms with Crippen LogP contribution in [-0.4, -0.2) is 42.5 Å². The molecular formula is C18H25BrClNO2. The predicted molar refractivity (Wildman–Crippen MR) is 98.3 cm³/mol. The van der Waals surface area contributed by atoms with Gasteiger partial charge in [-0.05, 0) is 30.9 Å². The molecule has 5 heteroatoms. The van der Waals surface area contributed by atoms with Gasteiger partial charge in [0.15, 0.2) is 0 Å². The third-order valence-electron chi connectivity index (χ3n) is 4.86. The van der Waals surface area contributed by atoms with Crippen molar-refractivity contribution in [2.75, 3.05) is 19.7 Å². The first-order valence-corrected chi connectivity index (χ1v) is 9.14. The summed E-state index contributed by atoms with van der Waals surface area (Å²) in [6, 6.07) is 8.77. The van der Waals surface area contributed by atoms with Crippen LogP contribution in [0, 0.1) is 0 Å². The molecule has 1 aliphatic carbocycles. The van der Waals surface area contributed by atoms with E-state index in [0.717, 1.165) is 36.9 Å². The van der Waals surface area contributed by atoms with Gasteiger partial charge in [-0.2, -0.15) is 0 Å². The first kappa shape index (κ1) is 18.9. The third-order valence-corrected chi connectivity index (χ3v) is 5.63. The van der Waals surface area contributed by atoms with Gasteiger partial charge in [0, 0.05) is 23.5 Å². The number of ether oxygens (including phenoxy) is 1. The van der Waals surface area contributed by atoms with E-state index >= 15 is 0 Å². The number of nitrogens with zero attached hydrogens (tertiary/aromatic N) is 1. The van der Waals surface area contributed by atoms with Crippen molar-refractivity contribution in [3.63, 3.8) is 0 Å². The minimum atomic E-state index is 0. The van der Waals surface area contributed by atoms with Crippen LogP contribution in [0.2, 0.25) is 0 Å². The first-order chi connectivity index (χ1) is 10.7. The molecule has 2 atom stereocenters. The second-order valence-electron chi connectivity index (χ2n) is 6.36. The summed E-state index contributed by atoms with van der Waals surface area (Å²) in [6.45, 7) is 2.31. The smallest absolute Gasteiger partial charge is 0.148 e. The zero-order valence-electron chi connectivity index (χ0n) is 13.4. The summed E-state index contributed by atoms with van der Waals surface area (Å²) < 4.78 is 7.38. The maximum absolute atomic E-state index is 11.6. The number of carbonyl (C=O) groups excluding carboxylic acids is 1. The van der Waals surface area contributed by atoms with Gasteiger partial charge >= 0.3 is 0 Å². The molecule has 0 amide bonds. The number of ketones is 1. The third kappa shape index (κ3) is 5.02. The Morgan fingerprint density at radius 1 is 1.22 bits per heavy atom. The summed E-state index contributed by atoms with van der Waals surface area (Å²) in [5.74, 6) is 0.387. The van der Waals surface area contributed by atoms with Crippen molar-refractivity contribution in [3.05, 3.63) is 34.3 Å². The van der Waals surface area contributed by atoms with Crippen LogP contribution in [-0.2, 0) is 16.0 Å². The Morgan fingerprint density at radius 2 is 2.00 bits per heavy atom. The molecule has 3 nitrogen and oxygen atoms in total. The Morgan fingerprint density at radius 3 is 2.74 bits per heavy atom. The monoisotopic (exact) mass is 401 g/mol. The SMILES string of the molecule is Cl.O=C1CCN([C@@H]2CCCC[C@H]2OCCc2ccccc2Br)C1. The number of halogens is 2. The molecule has 0 bridgehead atoms. The quantitative estimate of drug-likeness (QED) is 0.745. The highest BCUT2D eigenvalue weighted by molar-refractivity contribution is 9.10. The van der Waals surface area contributed by atoms with Gasteiger partial charge in [0.1, 0.15) is 5.78 Å². The van der Waals surface area contributed by atoms with Crippen LogP contribution in [0.15, 0.2) is 28.7 Å². The summed E-state index contributed by atoms with van der Waals surface area (Å²) in [7, 11) is 0. The zero-order chi connectivity index (χ0) is 15.4. The summed E-state index contributed by atoms with van der Waals surface area (Å²) in [4.78, 5) is 13.9. The standard InChI is InChI=1S/C18H24BrNO2.ClH/c19-16-6-2-1-5-14(16)10-12-22-18-8-4-3-7-17(18)20-11-9-15(21)13-20;/h1-2,5-6,17-18H,3-4,7-13H2;1H/t17-,18-;/m1./s1. The van der Waals surface area contributed by atoms with Crippen LogP contribution in [0.1, 0.15) is 37.7 Å². The fraction of sp³-hybridized carbons (Fsp3) is 0.611. The normalized spacial score (nSPS) is 25.3. The van der Waals surface area contributed by atoms with E-state index < -0.39 is 0 Å². The highest BCUT2D eigenvalue weighted by Gasteiger charge is 2.34. The molecule has 2 fully saturated rings. The molecule has 3 rings (SSSR count). The van der Waals surface area contributed by atoms with E-state index in [2.05, 4.69) is 39.0 Å². The van der Waals surface area contributed by atoms with Crippen molar-refractivity contribution in [1.82, 2.24) is 4.90 Å². The molecule has 0 spiro atoms. The number of benzene rings is 1. The Balaban J connectivity index is 0.00000192. The molecule has 0 radical (unpaired) electrons. The van der Waals surface area contributed by atoms with Crippen LogP contribution in [0.4, 0.5) is 0 Å². The molecule has 0 N–H and O–H groups in total. The summed E-state index contributed by atoms with van der Waals surface area (Å²) in [5.41, 5.74) is 1.30. The van der Waals surface area contributed by atoms with Gasteiger partial charge in [0.05, 0.1) is 19.3 Å². The number of rotatable bonds is 5. The van der Waals surface area contributed by atoms with E-state index in [1.54, 1.807) is 0 Å². The van der Waals surface area contributed by atoms with Gasteiger partial charge in [-0.25, -0.2) is 0 Å². The van der Waals surface area contributed by atoms with Gasteiger partial charge < -0.3 is 4.74 Å². The van der Waals surface area contributed by atoms with Crippen molar-refractivity contribution in [2.45, 2.75) is 50.7 Å². The van der Waals surface area contributed by atoms with Crippen molar-refractivity contribution in [2.24, 2.45) is 0 Å². The van der Waals surface area contributed by atoms with Gasteiger partial charge in [-0.3, -0.25) is 9.69 Å². The number of likely N-dealkylation sites (tertiary alicyclic amines) is 1. The molecule has 0 aromatic heterocycles. The summed E-state index contributed by atoms with van der Waals surface area (Å²) in [5, 5.41) is 0. The lowest BCUT2D eigenvalue weighted by Crippen LogP contribution is -2.45. The van der Waals surface area contributed by atoms with Gasteiger partial charge in [-0.15, -0.1) is 12.4 Å². The van der Waals surface area contributed by atoms with E-state index in [1.807, 2.05) is 6.07 Å². The molecule has 1 saturated carbocycles. The Bertz CT molecular complexity index is 525. The highest BCUT2D eigenvalue weighted by atomic mass is 79.9. The zero-order valence-corrected chi connectivity index (χ0v) is 15.8. The predicted octanol–water partition coefficient (Wildman–Crippen LogP) is 4.02. The van der Waals surface area contributed by atoms with Gasteiger partial charge in [0.2, 0.25) is 0 Å². The van der Waals surface area contributed by atoms with E-state index in [0.29, 0.717) is 24.5 Å². The van der Waals surface area contributed by atoms with E-state index in [1.165, 1.54) is 24.8 Å². The molecule has 1 heterocycles. The van der Waals surface area contributed by atoms with E-state index in [-0.39, 0.29) is 12.4 Å². The Hall–Kier alpha value is -0.420. The fourth-order valence-electron chi connectivity index (χ4n) is 3.65. The minimum Gasteiger partial charge on any atom is -0.376 e. The van der Waals surface area contributed by atoms with Crippen LogP contribution in [0.25, 0.3) is 0 Å². The number of Topliss-reactive ketones (excluding diaryl/α,β-unsaturated/α-hetero) is 1. The maximum atomic E-state index is 11.6. The van der Waals surface area contributed by atoms with Crippen LogP contribution >= 0.6 is 28.3 Å². The van der Waals surface area contributed by atoms with Gasteiger partial charge in [0.25, 0.3) is 0 Å². The fourth-order valence-corrected chi connectivity index (χ4v) is 4.13. The van der Waals surface area contributed by atoms with Crippen LogP contribution < -0.4 is 0 Å². The summed E-state index contributed by atoms with van der Waals surface area (Å²) in [6.07, 6.45) is 6.77. The Kier molecular flexibility index (Phi) is 7.54. The Labute approximate surface area is 153 Å². The van der Waals surface area contributed by atoms with Gasteiger partial charge in [-0.1, -0.05) is 47.0 Å². The molecule has 2 aliphatic rings. The average Bonchev–Trinajstić information content (AvgIpc) is 2.96. The summed E-state index contributed by atoms with van der Waals surface area (Å²) >= 11 is 3.59. The molecule has 1 aliphatic heterocycles. The lowest BCUT2D eigenvalue weighted by atomic mass is 9.91. The number of hydrogen-bond acceptors (Lipinski definition) is 3. The molecule has 0 unspecified atom stereocenters. The second kappa shape index (κ2) is 9.16. The van der Waals surface area contributed by atoms with E-state index in [9.17, 15) is 4.79 Å². The molecule has 128 valence electrons. The minimum absolute atomic E-state index is 0. The molecule has 1 aromatic rings. The van der Waals surface area contributed by atoms with Crippen molar-refractivity contribution in [1.29, 1.82) is 0 Å². The second-order valence-corrected chi connectivity index (χ2v) is 7.22. The molecule has 1 saturated heterocycles. The van der Waals surface area contributed by atoms with Crippen molar-refractivity contribution >= 4 is 34.1 Å². The number of carbonyl (C=O) groups is 1. The molecule has 1 aromatic carbocycles. The maximum Gasteiger partial charge on any atom is 0.148 e. The molecule has 23 heavy (non-hydrogen) atoms. The first-order valence-electron chi connectivity index (χ1n) is 8.35. The highest BCUT2D eigenvalue weighted by Crippen LogP contribution is 2.28. The van der Waals surface area contributed by atoms with Crippen LogP contribution in [0.3, 0.4) is 0 Å².